The first kappa shape index (κ1) is 26.4. The maximum atomic E-state index is 12.2. The number of nitro benzene ring substituents is 1. The molecule has 0 saturated carbocycles. The van der Waals surface area contributed by atoms with E-state index in [9.17, 15) is 20.0 Å². The third-order valence-electron chi connectivity index (χ3n) is 6.45. The zero-order valence-electron chi connectivity index (χ0n) is 21.7. The molecule has 0 radical (unpaired) electrons. The maximum Gasteiger partial charge on any atom is 0.269 e. The number of nitro groups is 1. The average Bonchev–Trinajstić information content (AvgIpc) is 3.03. The number of benzene rings is 3. The summed E-state index contributed by atoms with van der Waals surface area (Å²) in [4.78, 5) is 22.8. The summed E-state index contributed by atoms with van der Waals surface area (Å²) in [5.41, 5.74) is 3.95. The number of azo groups is 1. The van der Waals surface area contributed by atoms with Gasteiger partial charge in [-0.15, -0.1) is 5.11 Å². The van der Waals surface area contributed by atoms with E-state index in [1.807, 2.05) is 6.07 Å². The lowest BCUT2D eigenvalue weighted by atomic mass is 9.92. The van der Waals surface area contributed by atoms with Gasteiger partial charge in [0.1, 0.15) is 11.4 Å². The van der Waals surface area contributed by atoms with Gasteiger partial charge < -0.3 is 24.6 Å². The van der Waals surface area contributed by atoms with Crippen LogP contribution in [-0.4, -0.2) is 37.3 Å². The number of nitrogens with one attached hydrogen (secondary N) is 1. The molecule has 2 N–H and O–H groups in total. The van der Waals surface area contributed by atoms with Gasteiger partial charge in [0.05, 0.1) is 38.0 Å². The van der Waals surface area contributed by atoms with Crippen LogP contribution in [0.3, 0.4) is 0 Å². The van der Waals surface area contributed by atoms with Crippen molar-refractivity contribution in [2.45, 2.75) is 32.7 Å². The molecule has 0 heterocycles. The number of phenolic OH excluding ortho intramolecular Hbond substituents is 1. The number of phenols is 1. The molecule has 4 rings (SSSR count). The highest BCUT2D eigenvalue weighted by molar-refractivity contribution is 5.87. The molecule has 1 aliphatic rings. The van der Waals surface area contributed by atoms with Gasteiger partial charge in [-0.05, 0) is 54.7 Å². The van der Waals surface area contributed by atoms with E-state index >= 15 is 0 Å². The Balaban J connectivity index is 1.97. The molecular weight excluding hydrogens is 492 g/mol. The van der Waals surface area contributed by atoms with Crippen molar-refractivity contribution in [1.82, 2.24) is 5.32 Å². The lowest BCUT2D eigenvalue weighted by molar-refractivity contribution is -0.384. The summed E-state index contributed by atoms with van der Waals surface area (Å²) in [6.45, 7) is 3.11. The van der Waals surface area contributed by atoms with E-state index < -0.39 is 11.0 Å². The fourth-order valence-corrected chi connectivity index (χ4v) is 4.77. The molecule has 0 spiro atoms. The fraction of sp³-hybridized carbons (Fsp3) is 0.296. The first-order valence-electron chi connectivity index (χ1n) is 11.8. The largest absolute Gasteiger partial charge is 0.506 e. The fourth-order valence-electron chi connectivity index (χ4n) is 4.77. The van der Waals surface area contributed by atoms with Crippen LogP contribution in [0.5, 0.6) is 23.0 Å². The van der Waals surface area contributed by atoms with E-state index in [1.54, 1.807) is 20.1 Å². The number of rotatable bonds is 7. The third-order valence-corrected chi connectivity index (χ3v) is 6.45. The minimum Gasteiger partial charge on any atom is -0.506 e. The van der Waals surface area contributed by atoms with Crippen LogP contribution in [0, 0.1) is 17.0 Å². The predicted molar refractivity (Wildman–Crippen MR) is 140 cm³/mol. The second kappa shape index (κ2) is 10.8. The molecular formula is C27H28N4O7. The summed E-state index contributed by atoms with van der Waals surface area (Å²) in [7, 11) is 4.60. The van der Waals surface area contributed by atoms with Crippen molar-refractivity contribution in [3.8, 4) is 34.1 Å². The number of methoxy groups -OCH3 is 3. The topological polar surface area (TPSA) is 145 Å². The van der Waals surface area contributed by atoms with Gasteiger partial charge in [0.2, 0.25) is 11.7 Å². The molecule has 0 bridgehead atoms. The monoisotopic (exact) mass is 520 g/mol. The molecule has 0 aliphatic heterocycles. The van der Waals surface area contributed by atoms with E-state index in [1.165, 1.54) is 45.4 Å². The smallest absolute Gasteiger partial charge is 0.269 e. The number of hydrogen-bond donors (Lipinski definition) is 2. The lowest BCUT2D eigenvalue weighted by Crippen LogP contribution is -2.26. The predicted octanol–water partition coefficient (Wildman–Crippen LogP) is 5.84. The number of nitrogens with zero attached hydrogens (tertiary/aromatic N) is 3. The van der Waals surface area contributed by atoms with Crippen molar-refractivity contribution in [3.05, 3.63) is 63.2 Å². The first-order valence-corrected chi connectivity index (χ1v) is 11.8. The number of carbonyl (C=O) groups is 1. The summed E-state index contributed by atoms with van der Waals surface area (Å²) < 4.78 is 16.9. The van der Waals surface area contributed by atoms with Crippen molar-refractivity contribution in [2.24, 2.45) is 10.2 Å². The molecule has 1 aliphatic carbocycles. The summed E-state index contributed by atoms with van der Waals surface area (Å²) in [6, 6.07) is 8.87. The van der Waals surface area contributed by atoms with Gasteiger partial charge in [-0.25, -0.2) is 0 Å². The van der Waals surface area contributed by atoms with E-state index in [-0.39, 0.29) is 23.0 Å². The zero-order valence-corrected chi connectivity index (χ0v) is 21.7. The second-order valence-electron chi connectivity index (χ2n) is 8.79. The van der Waals surface area contributed by atoms with Crippen LogP contribution >= 0.6 is 0 Å². The Morgan fingerprint density at radius 2 is 1.82 bits per heavy atom. The molecule has 0 fully saturated rings. The van der Waals surface area contributed by atoms with E-state index in [2.05, 4.69) is 15.5 Å². The van der Waals surface area contributed by atoms with Crippen LogP contribution in [0.4, 0.5) is 17.1 Å². The first-order chi connectivity index (χ1) is 18.2. The lowest BCUT2D eigenvalue weighted by Gasteiger charge is -2.22. The Kier molecular flexibility index (Phi) is 7.47. The van der Waals surface area contributed by atoms with Crippen molar-refractivity contribution in [3.63, 3.8) is 0 Å². The average molecular weight is 521 g/mol. The molecule has 3 aromatic carbocycles. The Bertz CT molecular complexity index is 1450. The number of hydrogen-bond acceptors (Lipinski definition) is 9. The molecule has 3 aromatic rings. The van der Waals surface area contributed by atoms with Crippen LogP contribution < -0.4 is 19.5 Å². The summed E-state index contributed by atoms with van der Waals surface area (Å²) >= 11 is 0. The number of amides is 1. The molecule has 198 valence electrons. The van der Waals surface area contributed by atoms with Crippen molar-refractivity contribution < 1.29 is 29.0 Å². The molecule has 38 heavy (non-hydrogen) atoms. The number of aryl methyl sites for hydroxylation is 2. The van der Waals surface area contributed by atoms with Gasteiger partial charge in [0.25, 0.3) is 5.69 Å². The minimum absolute atomic E-state index is 0.0586. The van der Waals surface area contributed by atoms with Gasteiger partial charge in [0, 0.05) is 30.2 Å². The molecule has 11 nitrogen and oxygen atoms in total. The van der Waals surface area contributed by atoms with Crippen LogP contribution in [-0.2, 0) is 11.2 Å². The summed E-state index contributed by atoms with van der Waals surface area (Å²) in [6.07, 6.45) is 1.06. The number of ether oxygens (including phenoxy) is 3. The van der Waals surface area contributed by atoms with E-state index in [0.717, 1.165) is 11.1 Å². The Labute approximate surface area is 219 Å². The van der Waals surface area contributed by atoms with Gasteiger partial charge >= 0.3 is 0 Å². The molecule has 1 unspecified atom stereocenters. The van der Waals surface area contributed by atoms with Gasteiger partial charge in [-0.3, -0.25) is 14.9 Å². The van der Waals surface area contributed by atoms with Crippen molar-refractivity contribution in [2.75, 3.05) is 21.3 Å². The molecule has 0 saturated heterocycles. The molecule has 1 amide bonds. The standard InChI is InChI=1S/C27H28N4O7/c1-14-12-17(31(34)35)7-10-19(14)29-30-25-21(33)11-8-18-23-16(6-9-20(24(18)25)28-15(2)32)13-22(36-3)26(37-4)27(23)38-5/h7-8,10-13,20,33H,6,9H2,1-5H3,(H,28,32). The zero-order chi connectivity index (χ0) is 27.6. The highest BCUT2D eigenvalue weighted by Gasteiger charge is 2.32. The highest BCUT2D eigenvalue weighted by Crippen LogP contribution is 2.53. The van der Waals surface area contributed by atoms with Crippen LogP contribution in [0.2, 0.25) is 0 Å². The summed E-state index contributed by atoms with van der Waals surface area (Å²) in [5, 5.41) is 33.7. The number of carbonyl (C=O) groups excluding carboxylic acids is 1. The minimum atomic E-state index is -0.504. The van der Waals surface area contributed by atoms with E-state index in [0.29, 0.717) is 52.5 Å². The number of fused-ring (bicyclic) bond motifs is 3. The SMILES string of the molecule is COc1cc2c(c(OC)c1OC)-c1ccc(O)c(N=Nc3ccc([N+](=O)[O-])cc3C)c1C(NC(C)=O)CC2. The number of non-ortho nitro benzene ring substituents is 1. The summed E-state index contributed by atoms with van der Waals surface area (Å²) in [5.74, 6) is 0.994. The number of aromatic hydroxyl groups is 1. The maximum absolute atomic E-state index is 12.2. The highest BCUT2D eigenvalue weighted by atomic mass is 16.6. The van der Waals surface area contributed by atoms with Crippen molar-refractivity contribution in [1.29, 1.82) is 0 Å². The van der Waals surface area contributed by atoms with Gasteiger partial charge in [0.15, 0.2) is 11.5 Å². The Morgan fingerprint density at radius 3 is 2.42 bits per heavy atom. The normalized spacial score (nSPS) is 14.3. The Morgan fingerprint density at radius 1 is 1.08 bits per heavy atom. The van der Waals surface area contributed by atoms with Crippen LogP contribution in [0.25, 0.3) is 11.1 Å². The van der Waals surface area contributed by atoms with Gasteiger partial charge in [-0.1, -0.05) is 6.07 Å². The molecule has 11 heteroatoms. The third kappa shape index (κ3) is 4.82. The van der Waals surface area contributed by atoms with Crippen LogP contribution in [0.1, 0.15) is 36.1 Å². The van der Waals surface area contributed by atoms with E-state index in [4.69, 9.17) is 14.2 Å². The second-order valence-corrected chi connectivity index (χ2v) is 8.79. The quantitative estimate of drug-likeness (QED) is 0.226. The van der Waals surface area contributed by atoms with Crippen LogP contribution in [0.15, 0.2) is 46.6 Å². The van der Waals surface area contributed by atoms with Crippen molar-refractivity contribution >= 4 is 23.0 Å². The van der Waals surface area contributed by atoms with Gasteiger partial charge in [-0.2, -0.15) is 5.11 Å². The molecule has 1 atom stereocenters. The molecule has 0 aromatic heterocycles. The Hall–Kier alpha value is -4.67.